The first-order valence-electron chi connectivity index (χ1n) is 16.2. The summed E-state index contributed by atoms with van der Waals surface area (Å²) in [6.07, 6.45) is 6.16. The fourth-order valence-corrected chi connectivity index (χ4v) is 6.55. The molecule has 46 heavy (non-hydrogen) atoms. The number of benzene rings is 2. The molecule has 1 aliphatic heterocycles. The highest BCUT2D eigenvalue weighted by atomic mass is 19.1. The summed E-state index contributed by atoms with van der Waals surface area (Å²) in [7, 11) is 1.60. The number of likely N-dealkylation sites (tertiary alicyclic amines) is 1. The summed E-state index contributed by atoms with van der Waals surface area (Å²) in [5, 5.41) is 17.8. The van der Waals surface area contributed by atoms with E-state index in [0.717, 1.165) is 36.5 Å². The van der Waals surface area contributed by atoms with Gasteiger partial charge in [0.1, 0.15) is 23.4 Å². The molecule has 6 atom stereocenters. The van der Waals surface area contributed by atoms with Crippen molar-refractivity contribution in [3.63, 3.8) is 0 Å². The quantitative estimate of drug-likeness (QED) is 0.191. The van der Waals surface area contributed by atoms with Crippen molar-refractivity contribution in [2.24, 2.45) is 5.92 Å². The van der Waals surface area contributed by atoms with Gasteiger partial charge >= 0.3 is 0 Å². The topological polar surface area (TPSA) is 100 Å². The molecule has 1 fully saturated rings. The van der Waals surface area contributed by atoms with E-state index in [9.17, 15) is 23.5 Å². The van der Waals surface area contributed by atoms with Crippen molar-refractivity contribution in [1.82, 2.24) is 15.5 Å². The van der Waals surface area contributed by atoms with Crippen molar-refractivity contribution in [3.8, 4) is 5.75 Å². The number of methoxy groups -OCH3 is 1. The van der Waals surface area contributed by atoms with Crippen molar-refractivity contribution < 1.29 is 33.0 Å². The molecule has 2 amide bonds. The molecule has 8 nitrogen and oxygen atoms in total. The van der Waals surface area contributed by atoms with E-state index in [1.807, 2.05) is 18.2 Å². The Morgan fingerprint density at radius 3 is 2.59 bits per heavy atom. The van der Waals surface area contributed by atoms with Crippen LogP contribution in [0.25, 0.3) is 0 Å². The summed E-state index contributed by atoms with van der Waals surface area (Å²) in [4.78, 5) is 28.6. The van der Waals surface area contributed by atoms with Gasteiger partial charge in [-0.25, -0.2) is 8.78 Å². The lowest BCUT2D eigenvalue weighted by Crippen LogP contribution is -2.55. The number of fused-ring (bicyclic) bond motifs is 1. The standard InChI is InChI=1S/C36H47F2N3O5/c1-5-8-10-24-13-14-41(36(24)44)32(9-6-2)35(43)40-31(18-23-16-25(37)19-26(38)17-23)33(42)22-39-30-21-34(46-15-7-3)28-12-11-27(45-4)20-29(28)30/h6-7,11-12,16-17,19-20,24,30-34,39,42H,2-3,5,8-10,13-15,18,21-22H2,1,4H3,(H,40,43)/t24-,30-,31-,32-,33+,34+/m0/s1. The van der Waals surface area contributed by atoms with Gasteiger partial charge < -0.3 is 30.1 Å². The lowest BCUT2D eigenvalue weighted by Gasteiger charge is -2.31. The lowest BCUT2D eigenvalue weighted by molar-refractivity contribution is -0.140. The summed E-state index contributed by atoms with van der Waals surface area (Å²) >= 11 is 0. The molecule has 0 saturated carbocycles. The predicted octanol–water partition coefficient (Wildman–Crippen LogP) is 5.32. The van der Waals surface area contributed by atoms with Gasteiger partial charge in [-0.1, -0.05) is 38.0 Å². The first kappa shape index (κ1) is 35.3. The number of carbonyl (C=O) groups is 2. The molecule has 0 aromatic heterocycles. The van der Waals surface area contributed by atoms with Gasteiger partial charge in [0, 0.05) is 31.1 Å². The monoisotopic (exact) mass is 639 g/mol. The van der Waals surface area contributed by atoms with Gasteiger partial charge in [-0.3, -0.25) is 9.59 Å². The van der Waals surface area contributed by atoms with Gasteiger partial charge in [-0.05, 0) is 73.1 Å². The molecule has 4 rings (SSSR count). The van der Waals surface area contributed by atoms with Crippen LogP contribution in [0, 0.1) is 17.6 Å². The zero-order chi connectivity index (χ0) is 33.2. The van der Waals surface area contributed by atoms with E-state index in [2.05, 4.69) is 30.7 Å². The van der Waals surface area contributed by atoms with E-state index in [1.165, 1.54) is 12.1 Å². The van der Waals surface area contributed by atoms with E-state index >= 15 is 0 Å². The van der Waals surface area contributed by atoms with Crippen LogP contribution in [0.15, 0.2) is 61.7 Å². The highest BCUT2D eigenvalue weighted by Crippen LogP contribution is 2.42. The molecule has 3 N–H and O–H groups in total. The Balaban J connectivity index is 1.52. The Kier molecular flexibility index (Phi) is 12.9. The van der Waals surface area contributed by atoms with Crippen molar-refractivity contribution in [2.45, 2.75) is 82.2 Å². The average molecular weight is 640 g/mol. The van der Waals surface area contributed by atoms with E-state index in [4.69, 9.17) is 9.47 Å². The summed E-state index contributed by atoms with van der Waals surface area (Å²) in [5.74, 6) is -1.42. The van der Waals surface area contributed by atoms with Gasteiger partial charge in [0.2, 0.25) is 11.8 Å². The Morgan fingerprint density at radius 1 is 1.15 bits per heavy atom. The minimum atomic E-state index is -1.14. The van der Waals surface area contributed by atoms with E-state index < -0.39 is 35.7 Å². The second-order valence-corrected chi connectivity index (χ2v) is 12.2. The minimum Gasteiger partial charge on any atom is -0.497 e. The fourth-order valence-electron chi connectivity index (χ4n) is 6.55. The zero-order valence-corrected chi connectivity index (χ0v) is 26.9. The number of nitrogens with one attached hydrogen (secondary N) is 2. The number of nitrogens with zero attached hydrogens (tertiary/aromatic N) is 1. The van der Waals surface area contributed by atoms with Crippen LogP contribution >= 0.6 is 0 Å². The second kappa shape index (κ2) is 16.8. The number of halogens is 2. The van der Waals surface area contributed by atoms with Crippen LogP contribution in [-0.2, 0) is 20.7 Å². The third-order valence-electron chi connectivity index (χ3n) is 8.95. The Labute approximate surface area is 270 Å². The first-order chi connectivity index (χ1) is 22.2. The van der Waals surface area contributed by atoms with Gasteiger partial charge in [0.05, 0.1) is 32.0 Å². The Bertz CT molecular complexity index is 1350. The van der Waals surface area contributed by atoms with Gasteiger partial charge in [0.25, 0.3) is 0 Å². The highest BCUT2D eigenvalue weighted by Gasteiger charge is 2.39. The maximum absolute atomic E-state index is 14.1. The van der Waals surface area contributed by atoms with Crippen molar-refractivity contribution >= 4 is 11.8 Å². The fraction of sp³-hybridized carbons (Fsp3) is 0.500. The molecule has 2 aliphatic rings. The van der Waals surface area contributed by atoms with E-state index in [-0.39, 0.29) is 48.9 Å². The summed E-state index contributed by atoms with van der Waals surface area (Å²) < 4.78 is 39.7. The number of ether oxygens (including phenoxy) is 2. The predicted molar refractivity (Wildman–Crippen MR) is 173 cm³/mol. The van der Waals surface area contributed by atoms with Crippen LogP contribution in [0.3, 0.4) is 0 Å². The Morgan fingerprint density at radius 2 is 1.91 bits per heavy atom. The third-order valence-corrected chi connectivity index (χ3v) is 8.95. The molecule has 10 heteroatoms. The van der Waals surface area contributed by atoms with Crippen LogP contribution in [0.2, 0.25) is 0 Å². The minimum absolute atomic E-state index is 0.0305. The number of rotatable bonds is 18. The molecule has 0 radical (unpaired) electrons. The molecule has 250 valence electrons. The van der Waals surface area contributed by atoms with E-state index in [1.54, 1.807) is 24.2 Å². The summed E-state index contributed by atoms with van der Waals surface area (Å²) in [6, 6.07) is 7.02. The molecular formula is C36H47F2N3O5. The SMILES string of the molecule is C=CCO[C@@H]1C[C@H](NC[C@@H](O)[C@H](Cc2cc(F)cc(F)c2)NC(=O)[C@H](CC=C)N2CC[C@H](CCCC)C2=O)c2cc(OC)ccc21. The van der Waals surface area contributed by atoms with Crippen LogP contribution in [0.4, 0.5) is 8.78 Å². The van der Waals surface area contributed by atoms with Gasteiger partial charge in [-0.2, -0.15) is 0 Å². The molecule has 1 heterocycles. The lowest BCUT2D eigenvalue weighted by atomic mass is 9.99. The third kappa shape index (κ3) is 8.80. The molecule has 1 saturated heterocycles. The van der Waals surface area contributed by atoms with Crippen molar-refractivity contribution in [2.75, 3.05) is 26.8 Å². The first-order valence-corrected chi connectivity index (χ1v) is 16.2. The number of amides is 2. The number of unbranched alkanes of at least 4 members (excludes halogenated alkanes) is 1. The number of carbonyl (C=O) groups excluding carboxylic acids is 2. The number of hydrogen-bond donors (Lipinski definition) is 3. The summed E-state index contributed by atoms with van der Waals surface area (Å²) in [6.45, 7) is 10.5. The largest absolute Gasteiger partial charge is 0.497 e. The average Bonchev–Trinajstić information content (AvgIpc) is 3.57. The van der Waals surface area contributed by atoms with Crippen LogP contribution < -0.4 is 15.4 Å². The van der Waals surface area contributed by atoms with Gasteiger partial charge in [-0.15, -0.1) is 13.2 Å². The van der Waals surface area contributed by atoms with Crippen LogP contribution in [0.5, 0.6) is 5.75 Å². The molecule has 2 aromatic rings. The van der Waals surface area contributed by atoms with Crippen molar-refractivity contribution in [3.05, 3.63) is 90.0 Å². The normalized spacial score (nSPS) is 21.0. The molecule has 0 unspecified atom stereocenters. The smallest absolute Gasteiger partial charge is 0.243 e. The molecule has 0 bridgehead atoms. The second-order valence-electron chi connectivity index (χ2n) is 12.2. The van der Waals surface area contributed by atoms with Crippen LogP contribution in [-0.4, -0.2) is 66.8 Å². The molecule has 2 aromatic carbocycles. The molecule has 1 aliphatic carbocycles. The Hall–Kier alpha value is -3.60. The van der Waals surface area contributed by atoms with Crippen molar-refractivity contribution in [1.29, 1.82) is 0 Å². The zero-order valence-electron chi connectivity index (χ0n) is 26.9. The molecule has 0 spiro atoms. The van der Waals surface area contributed by atoms with E-state index in [0.29, 0.717) is 31.7 Å². The van der Waals surface area contributed by atoms with Crippen LogP contribution in [0.1, 0.15) is 74.3 Å². The maximum Gasteiger partial charge on any atom is 0.243 e. The number of hydrogen-bond acceptors (Lipinski definition) is 6. The molecular weight excluding hydrogens is 592 g/mol. The number of aliphatic hydroxyl groups is 1. The number of aliphatic hydroxyl groups excluding tert-OH is 1. The summed E-state index contributed by atoms with van der Waals surface area (Å²) in [5.41, 5.74) is 2.27. The highest BCUT2D eigenvalue weighted by molar-refractivity contribution is 5.90. The van der Waals surface area contributed by atoms with Gasteiger partial charge in [0.15, 0.2) is 0 Å². The maximum atomic E-state index is 14.1.